The van der Waals surface area contributed by atoms with Crippen LogP contribution in [0.2, 0.25) is 0 Å². The summed E-state index contributed by atoms with van der Waals surface area (Å²) in [5.41, 5.74) is 0. The summed E-state index contributed by atoms with van der Waals surface area (Å²) in [4.78, 5) is 26.2. The van der Waals surface area contributed by atoms with Gasteiger partial charge in [-0.3, -0.25) is 9.59 Å². The maximum atomic E-state index is 12.1. The van der Waals surface area contributed by atoms with Gasteiger partial charge in [0.2, 0.25) is 5.91 Å². The number of likely N-dealkylation sites (tertiary alicyclic amines) is 1. The molecule has 0 saturated carbocycles. The summed E-state index contributed by atoms with van der Waals surface area (Å²) in [5, 5.41) is 13.5. The fraction of sp³-hybridized carbons (Fsp3) is 0.571. The Morgan fingerprint density at radius 3 is 3.05 bits per heavy atom. The molecule has 1 unspecified atom stereocenters. The van der Waals surface area contributed by atoms with Crippen LogP contribution in [0.4, 0.5) is 0 Å². The van der Waals surface area contributed by atoms with Gasteiger partial charge in [-0.1, -0.05) is 6.07 Å². The molecule has 0 radical (unpaired) electrons. The van der Waals surface area contributed by atoms with Gasteiger partial charge in [-0.15, -0.1) is 11.3 Å². The predicted molar refractivity (Wildman–Crippen MR) is 77.7 cm³/mol. The second-order valence-electron chi connectivity index (χ2n) is 5.02. The van der Waals surface area contributed by atoms with Gasteiger partial charge < -0.3 is 15.3 Å². The van der Waals surface area contributed by atoms with Gasteiger partial charge in [-0.05, 0) is 36.6 Å². The molecular formula is C14H20N2O3S. The predicted octanol–water partition coefficient (Wildman–Crippen LogP) is 1.10. The molecule has 0 spiro atoms. The van der Waals surface area contributed by atoms with Crippen LogP contribution in [0.15, 0.2) is 17.5 Å². The smallest absolute Gasteiger partial charge is 0.261 e. The van der Waals surface area contributed by atoms with Crippen molar-refractivity contribution in [3.63, 3.8) is 0 Å². The summed E-state index contributed by atoms with van der Waals surface area (Å²) in [5.74, 6) is 0.139. The van der Waals surface area contributed by atoms with Crippen molar-refractivity contribution in [2.24, 2.45) is 5.92 Å². The van der Waals surface area contributed by atoms with Crippen LogP contribution in [0.1, 0.15) is 28.9 Å². The number of piperidine rings is 1. The molecule has 2 rings (SSSR count). The Balaban J connectivity index is 1.78. The molecule has 1 fully saturated rings. The Bertz CT molecular complexity index is 445. The molecule has 1 atom stereocenters. The Morgan fingerprint density at radius 1 is 1.50 bits per heavy atom. The molecule has 0 aliphatic carbocycles. The van der Waals surface area contributed by atoms with Crippen LogP contribution >= 0.6 is 11.3 Å². The first kappa shape index (κ1) is 15.0. The number of rotatable bonds is 5. The fourth-order valence-corrected chi connectivity index (χ4v) is 3.11. The molecule has 5 nitrogen and oxygen atoms in total. The SMILES string of the molecule is O=C(NCC(=O)N1CCCC(CCO)C1)c1cccs1. The van der Waals surface area contributed by atoms with Crippen molar-refractivity contribution in [1.82, 2.24) is 10.2 Å². The number of hydrogen-bond donors (Lipinski definition) is 2. The van der Waals surface area contributed by atoms with Crippen LogP contribution in [0.5, 0.6) is 0 Å². The standard InChI is InChI=1S/C14H20N2O3S/c17-7-5-11-3-1-6-16(10-11)13(18)9-15-14(19)12-4-2-8-20-12/h2,4,8,11,17H,1,3,5-7,9-10H2,(H,15,19). The lowest BCUT2D eigenvalue weighted by atomic mass is 9.95. The van der Waals surface area contributed by atoms with Gasteiger partial charge in [-0.2, -0.15) is 0 Å². The molecule has 6 heteroatoms. The normalized spacial score (nSPS) is 18.9. The van der Waals surface area contributed by atoms with Crippen molar-refractivity contribution in [3.05, 3.63) is 22.4 Å². The lowest BCUT2D eigenvalue weighted by Gasteiger charge is -2.32. The molecule has 1 aliphatic heterocycles. The maximum absolute atomic E-state index is 12.1. The highest BCUT2D eigenvalue weighted by Crippen LogP contribution is 2.19. The van der Waals surface area contributed by atoms with E-state index in [2.05, 4.69) is 5.32 Å². The number of nitrogens with one attached hydrogen (secondary N) is 1. The number of aliphatic hydroxyl groups is 1. The molecule has 2 heterocycles. The molecule has 20 heavy (non-hydrogen) atoms. The van der Waals surface area contributed by atoms with Crippen molar-refractivity contribution < 1.29 is 14.7 Å². The number of aliphatic hydroxyl groups excluding tert-OH is 1. The van der Waals surface area contributed by atoms with Gasteiger partial charge in [0.25, 0.3) is 5.91 Å². The van der Waals surface area contributed by atoms with Gasteiger partial charge in [0.15, 0.2) is 0 Å². The van der Waals surface area contributed by atoms with Crippen LogP contribution in [-0.4, -0.2) is 48.1 Å². The molecule has 0 aromatic carbocycles. The molecule has 1 aromatic heterocycles. The number of nitrogens with zero attached hydrogens (tertiary/aromatic N) is 1. The highest BCUT2D eigenvalue weighted by Gasteiger charge is 2.23. The van der Waals surface area contributed by atoms with Gasteiger partial charge in [0.1, 0.15) is 0 Å². The van der Waals surface area contributed by atoms with E-state index in [0.29, 0.717) is 17.3 Å². The molecule has 1 aromatic rings. The lowest BCUT2D eigenvalue weighted by molar-refractivity contribution is -0.132. The van der Waals surface area contributed by atoms with E-state index >= 15 is 0 Å². The highest BCUT2D eigenvalue weighted by atomic mass is 32.1. The molecule has 110 valence electrons. The summed E-state index contributed by atoms with van der Waals surface area (Å²) >= 11 is 1.36. The summed E-state index contributed by atoms with van der Waals surface area (Å²) in [6.45, 7) is 1.65. The lowest BCUT2D eigenvalue weighted by Crippen LogP contribution is -2.45. The second kappa shape index (κ2) is 7.40. The van der Waals surface area contributed by atoms with Crippen LogP contribution in [0.3, 0.4) is 0 Å². The van der Waals surface area contributed by atoms with E-state index in [0.717, 1.165) is 25.8 Å². The molecular weight excluding hydrogens is 276 g/mol. The third kappa shape index (κ3) is 4.05. The van der Waals surface area contributed by atoms with E-state index in [1.807, 2.05) is 11.4 Å². The first-order valence-electron chi connectivity index (χ1n) is 6.91. The summed E-state index contributed by atoms with van der Waals surface area (Å²) < 4.78 is 0. The summed E-state index contributed by atoms with van der Waals surface area (Å²) in [6, 6.07) is 3.55. The van der Waals surface area contributed by atoms with Crippen molar-refractivity contribution in [1.29, 1.82) is 0 Å². The summed E-state index contributed by atoms with van der Waals surface area (Å²) in [7, 11) is 0. The number of carbonyl (C=O) groups excluding carboxylic acids is 2. The quantitative estimate of drug-likeness (QED) is 0.855. The van der Waals surface area contributed by atoms with Gasteiger partial charge >= 0.3 is 0 Å². The van der Waals surface area contributed by atoms with E-state index in [1.54, 1.807) is 11.0 Å². The largest absolute Gasteiger partial charge is 0.396 e. The minimum absolute atomic E-state index is 0.0439. The third-order valence-corrected chi connectivity index (χ3v) is 4.42. The fourth-order valence-electron chi connectivity index (χ4n) is 2.47. The average Bonchev–Trinajstić information content (AvgIpc) is 2.99. The molecule has 0 bridgehead atoms. The minimum Gasteiger partial charge on any atom is -0.396 e. The molecule has 2 amide bonds. The van der Waals surface area contributed by atoms with Gasteiger partial charge in [-0.25, -0.2) is 0 Å². The Hall–Kier alpha value is -1.40. The molecule has 1 saturated heterocycles. The number of carbonyl (C=O) groups is 2. The van der Waals surface area contributed by atoms with E-state index in [-0.39, 0.29) is 25.0 Å². The Labute approximate surface area is 122 Å². The van der Waals surface area contributed by atoms with E-state index in [9.17, 15) is 9.59 Å². The van der Waals surface area contributed by atoms with Crippen LogP contribution < -0.4 is 5.32 Å². The van der Waals surface area contributed by atoms with E-state index < -0.39 is 0 Å². The van der Waals surface area contributed by atoms with Crippen LogP contribution in [0.25, 0.3) is 0 Å². The van der Waals surface area contributed by atoms with Gasteiger partial charge in [0, 0.05) is 19.7 Å². The third-order valence-electron chi connectivity index (χ3n) is 3.55. The molecule has 1 aliphatic rings. The maximum Gasteiger partial charge on any atom is 0.261 e. The van der Waals surface area contributed by atoms with Crippen molar-refractivity contribution >= 4 is 23.2 Å². The number of thiophene rings is 1. The zero-order valence-corrected chi connectivity index (χ0v) is 12.2. The summed E-state index contributed by atoms with van der Waals surface area (Å²) in [6.07, 6.45) is 2.77. The zero-order valence-electron chi connectivity index (χ0n) is 11.4. The van der Waals surface area contributed by atoms with E-state index in [4.69, 9.17) is 5.11 Å². The first-order valence-corrected chi connectivity index (χ1v) is 7.79. The van der Waals surface area contributed by atoms with Crippen molar-refractivity contribution in [3.8, 4) is 0 Å². The number of amides is 2. The van der Waals surface area contributed by atoms with Crippen LogP contribution in [-0.2, 0) is 4.79 Å². The van der Waals surface area contributed by atoms with Gasteiger partial charge in [0.05, 0.1) is 11.4 Å². The van der Waals surface area contributed by atoms with Crippen molar-refractivity contribution in [2.45, 2.75) is 19.3 Å². The Morgan fingerprint density at radius 2 is 2.35 bits per heavy atom. The molecule has 2 N–H and O–H groups in total. The average molecular weight is 296 g/mol. The van der Waals surface area contributed by atoms with Crippen LogP contribution in [0, 0.1) is 5.92 Å². The number of hydrogen-bond acceptors (Lipinski definition) is 4. The minimum atomic E-state index is -0.197. The monoisotopic (exact) mass is 296 g/mol. The zero-order chi connectivity index (χ0) is 14.4. The highest BCUT2D eigenvalue weighted by molar-refractivity contribution is 7.12. The second-order valence-corrected chi connectivity index (χ2v) is 5.97. The Kier molecular flexibility index (Phi) is 5.55. The first-order chi connectivity index (χ1) is 9.70. The topological polar surface area (TPSA) is 69.6 Å². The van der Waals surface area contributed by atoms with Crippen molar-refractivity contribution in [2.75, 3.05) is 26.2 Å². The van der Waals surface area contributed by atoms with E-state index in [1.165, 1.54) is 11.3 Å².